The highest BCUT2D eigenvalue weighted by Gasteiger charge is 2.35. The fourth-order valence-corrected chi connectivity index (χ4v) is 5.20. The zero-order valence-corrected chi connectivity index (χ0v) is 18.9. The van der Waals surface area contributed by atoms with Crippen LogP contribution in [0.2, 0.25) is 0 Å². The lowest BCUT2D eigenvalue weighted by Gasteiger charge is -2.19. The van der Waals surface area contributed by atoms with Crippen LogP contribution in [0.5, 0.6) is 0 Å². The Morgan fingerprint density at radius 1 is 1.29 bits per heavy atom. The summed E-state index contributed by atoms with van der Waals surface area (Å²) in [5, 5.41) is 19.5. The highest BCUT2D eigenvalue weighted by molar-refractivity contribution is 7.99. The molecule has 0 saturated carbocycles. The first-order valence-corrected chi connectivity index (χ1v) is 12.2. The molecule has 31 heavy (non-hydrogen) atoms. The van der Waals surface area contributed by atoms with Gasteiger partial charge in [0.15, 0.2) is 0 Å². The van der Waals surface area contributed by atoms with E-state index in [9.17, 15) is 4.79 Å². The summed E-state index contributed by atoms with van der Waals surface area (Å²) in [5.41, 5.74) is 1.78. The number of aromatic nitrogens is 3. The van der Waals surface area contributed by atoms with Crippen molar-refractivity contribution in [1.82, 2.24) is 20.2 Å². The van der Waals surface area contributed by atoms with E-state index in [1.807, 2.05) is 41.9 Å². The fourth-order valence-electron chi connectivity index (χ4n) is 3.24. The molecule has 1 atom stereocenters. The first-order valence-electron chi connectivity index (χ1n) is 9.48. The Bertz CT molecular complexity index is 1200. The quantitative estimate of drug-likeness (QED) is 0.365. The van der Waals surface area contributed by atoms with E-state index >= 15 is 0 Å². The minimum Gasteiger partial charge on any atom is -0.467 e. The number of carbonyl (C=O) groups excluding carboxylic acids is 1. The normalized spacial score (nSPS) is 16.1. The van der Waals surface area contributed by atoms with E-state index in [-0.39, 0.29) is 17.7 Å². The van der Waals surface area contributed by atoms with Gasteiger partial charge in [-0.3, -0.25) is 4.79 Å². The molecule has 11 heteroatoms. The summed E-state index contributed by atoms with van der Waals surface area (Å²) in [5.74, 6) is 1.18. The van der Waals surface area contributed by atoms with E-state index in [0.29, 0.717) is 29.7 Å². The van der Waals surface area contributed by atoms with Gasteiger partial charge in [0.25, 0.3) is 11.1 Å². The number of thiophene rings is 1. The van der Waals surface area contributed by atoms with Crippen LogP contribution < -0.4 is 0 Å². The molecule has 0 aliphatic carbocycles. The van der Waals surface area contributed by atoms with Crippen molar-refractivity contribution in [2.75, 3.05) is 5.75 Å². The molecule has 0 radical (unpaired) electrons. The monoisotopic (exact) mass is 471 g/mol. The summed E-state index contributed by atoms with van der Waals surface area (Å²) in [6.45, 7) is 1.95. The summed E-state index contributed by atoms with van der Waals surface area (Å²) < 4.78 is 11.2. The van der Waals surface area contributed by atoms with E-state index in [2.05, 4.69) is 20.3 Å². The molecule has 1 unspecified atom stereocenters. The maximum atomic E-state index is 13.0. The van der Waals surface area contributed by atoms with Gasteiger partial charge in [-0.1, -0.05) is 17.8 Å². The zero-order valence-electron chi connectivity index (χ0n) is 16.4. The number of amides is 1. The number of rotatable bonds is 7. The fraction of sp³-hybridized carbons (Fsp3) is 0.250. The van der Waals surface area contributed by atoms with E-state index in [0.717, 1.165) is 21.3 Å². The predicted molar refractivity (Wildman–Crippen MR) is 118 cm³/mol. The molecule has 0 N–H and O–H groups in total. The molecular formula is C20H17N5O3S3. The molecule has 4 aromatic heterocycles. The van der Waals surface area contributed by atoms with Crippen molar-refractivity contribution in [3.63, 3.8) is 0 Å². The highest BCUT2D eigenvalue weighted by Crippen LogP contribution is 2.34. The molecule has 8 nitrogen and oxygen atoms in total. The molecule has 0 aromatic carbocycles. The van der Waals surface area contributed by atoms with E-state index in [1.54, 1.807) is 28.9 Å². The minimum atomic E-state index is -0.258. The Labute approximate surface area is 190 Å². The lowest BCUT2D eigenvalue weighted by molar-refractivity contribution is -0.130. The topological polar surface area (TPSA) is 97.6 Å². The van der Waals surface area contributed by atoms with Gasteiger partial charge in [0.2, 0.25) is 5.89 Å². The second-order valence-electron chi connectivity index (χ2n) is 6.78. The smallest absolute Gasteiger partial charge is 0.277 e. The summed E-state index contributed by atoms with van der Waals surface area (Å²) >= 11 is 4.39. The molecule has 0 fully saturated rings. The zero-order chi connectivity index (χ0) is 21.2. The summed E-state index contributed by atoms with van der Waals surface area (Å²) in [7, 11) is 0. The van der Waals surface area contributed by atoms with Crippen LogP contribution in [-0.2, 0) is 11.2 Å². The number of hydrogen-bond acceptors (Lipinski definition) is 10. The van der Waals surface area contributed by atoms with Crippen LogP contribution in [-0.4, -0.2) is 37.6 Å². The molecule has 0 spiro atoms. The van der Waals surface area contributed by atoms with Crippen molar-refractivity contribution < 1.29 is 13.6 Å². The Hall–Kier alpha value is -2.76. The molecule has 5 heterocycles. The largest absolute Gasteiger partial charge is 0.467 e. The van der Waals surface area contributed by atoms with Crippen molar-refractivity contribution in [2.45, 2.75) is 31.0 Å². The Kier molecular flexibility index (Phi) is 5.70. The van der Waals surface area contributed by atoms with Crippen LogP contribution in [0.4, 0.5) is 0 Å². The molecule has 1 amide bonds. The minimum absolute atomic E-state index is 0.135. The van der Waals surface area contributed by atoms with Crippen molar-refractivity contribution in [2.24, 2.45) is 5.10 Å². The molecule has 1 aliphatic heterocycles. The number of thiazole rings is 1. The van der Waals surface area contributed by atoms with Crippen LogP contribution >= 0.6 is 34.4 Å². The second-order valence-corrected chi connectivity index (χ2v) is 9.72. The third-order valence-electron chi connectivity index (χ3n) is 4.61. The highest BCUT2D eigenvalue weighted by atomic mass is 32.2. The van der Waals surface area contributed by atoms with Gasteiger partial charge in [-0.2, -0.15) is 5.10 Å². The number of aryl methyl sites for hydroxylation is 1. The molecule has 1 aliphatic rings. The Morgan fingerprint density at radius 3 is 2.97 bits per heavy atom. The third kappa shape index (κ3) is 4.48. The third-order valence-corrected chi connectivity index (χ3v) is 7.15. The van der Waals surface area contributed by atoms with Gasteiger partial charge in [-0.05, 0) is 30.5 Å². The van der Waals surface area contributed by atoms with Gasteiger partial charge < -0.3 is 8.83 Å². The lowest BCUT2D eigenvalue weighted by Crippen LogP contribution is -2.28. The number of hydrogen-bond donors (Lipinski definition) is 0. The molecule has 4 aromatic rings. The van der Waals surface area contributed by atoms with Crippen molar-refractivity contribution in [3.8, 4) is 0 Å². The molecular weight excluding hydrogens is 454 g/mol. The Balaban J connectivity index is 1.26. The second kappa shape index (κ2) is 8.77. The maximum Gasteiger partial charge on any atom is 0.277 e. The van der Waals surface area contributed by atoms with Gasteiger partial charge >= 0.3 is 0 Å². The van der Waals surface area contributed by atoms with E-state index in [1.165, 1.54) is 16.8 Å². The first kappa shape index (κ1) is 20.2. The van der Waals surface area contributed by atoms with Gasteiger partial charge in [0.1, 0.15) is 11.8 Å². The number of thioether (sulfide) groups is 1. The summed E-state index contributed by atoms with van der Waals surface area (Å²) in [4.78, 5) is 18.5. The van der Waals surface area contributed by atoms with Crippen LogP contribution in [0, 0.1) is 6.92 Å². The number of hydrazone groups is 1. The van der Waals surface area contributed by atoms with Crippen LogP contribution in [0.25, 0.3) is 0 Å². The first-order chi connectivity index (χ1) is 15.2. The predicted octanol–water partition coefficient (Wildman–Crippen LogP) is 4.55. The molecule has 0 saturated heterocycles. The van der Waals surface area contributed by atoms with Crippen LogP contribution in [0.3, 0.4) is 0 Å². The van der Waals surface area contributed by atoms with Gasteiger partial charge in [0.05, 0.1) is 39.7 Å². The maximum absolute atomic E-state index is 13.0. The van der Waals surface area contributed by atoms with E-state index < -0.39 is 0 Å². The summed E-state index contributed by atoms with van der Waals surface area (Å²) in [6.07, 6.45) is 2.70. The van der Waals surface area contributed by atoms with Crippen molar-refractivity contribution >= 4 is 46.1 Å². The van der Waals surface area contributed by atoms with Gasteiger partial charge in [-0.25, -0.2) is 9.99 Å². The van der Waals surface area contributed by atoms with Crippen LogP contribution in [0.1, 0.15) is 39.7 Å². The van der Waals surface area contributed by atoms with Crippen molar-refractivity contribution in [3.05, 3.63) is 68.5 Å². The molecule has 5 rings (SSSR count). The van der Waals surface area contributed by atoms with Crippen LogP contribution in [0.15, 0.2) is 60.4 Å². The average molecular weight is 472 g/mol. The SMILES string of the molecule is Cc1nc(Cc2nnc(SCC(=O)N3N=C(c4cccs4)CC3c3ccco3)o2)cs1. The lowest BCUT2D eigenvalue weighted by atomic mass is 10.1. The number of furan rings is 1. The van der Waals surface area contributed by atoms with Gasteiger partial charge in [0, 0.05) is 11.8 Å². The molecule has 0 bridgehead atoms. The van der Waals surface area contributed by atoms with E-state index in [4.69, 9.17) is 8.83 Å². The standard InChI is InChI=1S/C20H17N5O3S3/c1-12-21-13(10-30-12)8-18-22-23-20(28-18)31-11-19(26)25-15(16-4-2-6-27-16)9-14(24-25)17-5-3-7-29-17/h2-7,10,15H,8-9,11H2,1H3. The Morgan fingerprint density at radius 2 is 2.23 bits per heavy atom. The number of nitrogens with zero attached hydrogens (tertiary/aromatic N) is 5. The average Bonchev–Trinajstić information content (AvgIpc) is 3.58. The number of carbonyl (C=O) groups is 1. The summed E-state index contributed by atoms with van der Waals surface area (Å²) in [6, 6.07) is 7.42. The van der Waals surface area contributed by atoms with Gasteiger partial charge in [-0.15, -0.1) is 32.9 Å². The molecule has 158 valence electrons. The van der Waals surface area contributed by atoms with Crippen molar-refractivity contribution in [1.29, 1.82) is 0 Å².